The molecule has 2 aliphatic carbocycles. The molecule has 0 spiro atoms. The third kappa shape index (κ3) is 2.78. The number of imide groups is 1. The van der Waals surface area contributed by atoms with Gasteiger partial charge in [0.15, 0.2) is 0 Å². The van der Waals surface area contributed by atoms with Crippen molar-refractivity contribution in [2.45, 2.75) is 51.0 Å². The quantitative estimate of drug-likeness (QED) is 0.755. The number of nitrogens with zero attached hydrogens (tertiary/aromatic N) is 2. The maximum absolute atomic E-state index is 13.5. The number of rotatable bonds is 4. The van der Waals surface area contributed by atoms with Crippen LogP contribution < -0.4 is 0 Å². The summed E-state index contributed by atoms with van der Waals surface area (Å²) in [6, 6.07) is 9.10. The highest BCUT2D eigenvalue weighted by atomic mass is 16.2. The van der Waals surface area contributed by atoms with Gasteiger partial charge in [-0.25, -0.2) is 0 Å². The van der Waals surface area contributed by atoms with Crippen LogP contribution >= 0.6 is 0 Å². The third-order valence-electron chi connectivity index (χ3n) is 7.50. The predicted octanol–water partition coefficient (Wildman–Crippen LogP) is 2.64. The van der Waals surface area contributed by atoms with Crippen molar-refractivity contribution in [2.24, 2.45) is 23.7 Å². The first-order valence-electron chi connectivity index (χ1n) is 10.8. The van der Waals surface area contributed by atoms with Gasteiger partial charge in [-0.05, 0) is 55.9 Å². The Morgan fingerprint density at radius 3 is 2.14 bits per heavy atom. The average Bonchev–Trinajstić information content (AvgIpc) is 3.41. The molecule has 3 amide bonds. The number of hydrogen-bond donors (Lipinski definition) is 0. The first-order valence-corrected chi connectivity index (χ1v) is 10.8. The van der Waals surface area contributed by atoms with Gasteiger partial charge in [0, 0.05) is 19.5 Å². The molecule has 2 saturated heterocycles. The summed E-state index contributed by atoms with van der Waals surface area (Å²) in [5, 5.41) is 0. The molecular formula is C23H28N2O3. The summed E-state index contributed by atoms with van der Waals surface area (Å²) in [5.74, 6) is 0.162. The summed E-state index contributed by atoms with van der Waals surface area (Å²) >= 11 is 0. The molecule has 5 heteroatoms. The van der Waals surface area contributed by atoms with E-state index in [9.17, 15) is 14.4 Å². The summed E-state index contributed by atoms with van der Waals surface area (Å²) in [6.07, 6.45) is 6.70. The Hall–Kier alpha value is -2.17. The van der Waals surface area contributed by atoms with Gasteiger partial charge >= 0.3 is 0 Å². The van der Waals surface area contributed by atoms with E-state index in [1.165, 1.54) is 4.90 Å². The summed E-state index contributed by atoms with van der Waals surface area (Å²) in [6.45, 7) is 1.47. The molecule has 2 heterocycles. The van der Waals surface area contributed by atoms with Crippen LogP contribution in [0.4, 0.5) is 0 Å². The van der Waals surface area contributed by atoms with Gasteiger partial charge in [-0.1, -0.05) is 30.3 Å². The van der Waals surface area contributed by atoms with E-state index >= 15 is 0 Å². The van der Waals surface area contributed by atoms with E-state index in [2.05, 4.69) is 0 Å². The molecule has 4 fully saturated rings. The number of hydrogen-bond acceptors (Lipinski definition) is 3. The van der Waals surface area contributed by atoms with Crippen molar-refractivity contribution in [3.63, 3.8) is 0 Å². The molecule has 148 valence electrons. The van der Waals surface area contributed by atoms with Gasteiger partial charge in [0.25, 0.3) is 0 Å². The van der Waals surface area contributed by atoms with E-state index in [0.29, 0.717) is 18.3 Å². The van der Waals surface area contributed by atoms with E-state index in [1.54, 1.807) is 0 Å². The highest BCUT2D eigenvalue weighted by Gasteiger charge is 2.62. The number of carbonyl (C=O) groups excluding carboxylic acids is 3. The first-order chi connectivity index (χ1) is 13.6. The lowest BCUT2D eigenvalue weighted by Gasteiger charge is -2.34. The maximum Gasteiger partial charge on any atom is 0.246 e. The average molecular weight is 380 g/mol. The van der Waals surface area contributed by atoms with Crippen LogP contribution in [0.5, 0.6) is 0 Å². The van der Waals surface area contributed by atoms with Gasteiger partial charge in [0.2, 0.25) is 17.7 Å². The van der Waals surface area contributed by atoms with Crippen molar-refractivity contribution in [1.29, 1.82) is 0 Å². The van der Waals surface area contributed by atoms with Crippen molar-refractivity contribution in [2.75, 3.05) is 13.1 Å². The zero-order valence-corrected chi connectivity index (χ0v) is 16.3. The minimum atomic E-state index is -0.689. The second-order valence-electron chi connectivity index (χ2n) is 9.02. The summed E-state index contributed by atoms with van der Waals surface area (Å²) in [7, 11) is 0. The smallest absolute Gasteiger partial charge is 0.246 e. The molecule has 5 nitrogen and oxygen atoms in total. The van der Waals surface area contributed by atoms with Gasteiger partial charge in [-0.2, -0.15) is 0 Å². The molecule has 4 aliphatic rings. The summed E-state index contributed by atoms with van der Waals surface area (Å²) in [4.78, 5) is 43.4. The molecule has 28 heavy (non-hydrogen) atoms. The SMILES string of the molecule is O=C([C@@H](Cc1ccccc1)N1C(=O)[C@H]2[C@@H]3CC[C@@H](C3)[C@@H]2C1=O)N1CCCCC1. The number of benzene rings is 1. The van der Waals surface area contributed by atoms with Crippen LogP contribution in [-0.2, 0) is 20.8 Å². The fourth-order valence-corrected chi connectivity index (χ4v) is 6.19. The second kappa shape index (κ2) is 7.02. The lowest BCUT2D eigenvalue weighted by atomic mass is 9.81. The molecule has 0 aromatic heterocycles. The van der Waals surface area contributed by atoms with E-state index in [0.717, 1.165) is 57.2 Å². The van der Waals surface area contributed by atoms with E-state index in [-0.39, 0.29) is 29.6 Å². The Labute approximate surface area is 166 Å². The molecule has 1 aromatic rings. The van der Waals surface area contributed by atoms with Crippen LogP contribution in [0.15, 0.2) is 30.3 Å². The van der Waals surface area contributed by atoms with Crippen LogP contribution in [0.25, 0.3) is 0 Å². The number of amides is 3. The summed E-state index contributed by atoms with van der Waals surface area (Å²) < 4.78 is 0. The van der Waals surface area contributed by atoms with Crippen LogP contribution in [0.2, 0.25) is 0 Å². The number of piperidine rings is 1. The lowest BCUT2D eigenvalue weighted by Crippen LogP contribution is -2.53. The van der Waals surface area contributed by atoms with E-state index < -0.39 is 6.04 Å². The van der Waals surface area contributed by atoms with Gasteiger partial charge in [0.05, 0.1) is 11.8 Å². The van der Waals surface area contributed by atoms with Crippen molar-refractivity contribution in [1.82, 2.24) is 9.80 Å². The van der Waals surface area contributed by atoms with Crippen LogP contribution in [0, 0.1) is 23.7 Å². The molecule has 2 saturated carbocycles. The second-order valence-corrected chi connectivity index (χ2v) is 9.02. The maximum atomic E-state index is 13.5. The monoisotopic (exact) mass is 380 g/mol. The van der Waals surface area contributed by atoms with Crippen molar-refractivity contribution in [3.05, 3.63) is 35.9 Å². The molecule has 1 aromatic carbocycles. The minimum absolute atomic E-state index is 0.0439. The fraction of sp³-hybridized carbons (Fsp3) is 0.609. The Morgan fingerprint density at radius 2 is 1.54 bits per heavy atom. The lowest BCUT2D eigenvalue weighted by molar-refractivity contribution is -0.152. The zero-order valence-electron chi connectivity index (χ0n) is 16.3. The van der Waals surface area contributed by atoms with Gasteiger partial charge in [-0.15, -0.1) is 0 Å². The Kier molecular flexibility index (Phi) is 4.48. The molecule has 5 atom stereocenters. The van der Waals surface area contributed by atoms with Gasteiger partial charge in [0.1, 0.15) is 6.04 Å². The van der Waals surface area contributed by atoms with E-state index in [1.807, 2.05) is 35.2 Å². The normalized spacial score (nSPS) is 32.7. The Balaban J connectivity index is 1.46. The highest BCUT2D eigenvalue weighted by Crippen LogP contribution is 2.56. The minimum Gasteiger partial charge on any atom is -0.341 e. The predicted molar refractivity (Wildman–Crippen MR) is 104 cm³/mol. The Bertz CT molecular complexity index is 758. The highest BCUT2D eigenvalue weighted by molar-refractivity contribution is 6.09. The molecule has 2 bridgehead atoms. The molecule has 2 aliphatic heterocycles. The Morgan fingerprint density at radius 1 is 0.929 bits per heavy atom. The zero-order chi connectivity index (χ0) is 19.3. The van der Waals surface area contributed by atoms with Crippen molar-refractivity contribution < 1.29 is 14.4 Å². The largest absolute Gasteiger partial charge is 0.341 e. The van der Waals surface area contributed by atoms with E-state index in [4.69, 9.17) is 0 Å². The topological polar surface area (TPSA) is 57.7 Å². The molecule has 0 radical (unpaired) electrons. The van der Waals surface area contributed by atoms with Crippen LogP contribution in [-0.4, -0.2) is 46.7 Å². The van der Waals surface area contributed by atoms with Gasteiger partial charge < -0.3 is 4.90 Å². The van der Waals surface area contributed by atoms with Crippen LogP contribution in [0.3, 0.4) is 0 Å². The fourth-order valence-electron chi connectivity index (χ4n) is 6.19. The third-order valence-corrected chi connectivity index (χ3v) is 7.50. The first kappa shape index (κ1) is 17.9. The molecule has 0 unspecified atom stereocenters. The number of carbonyl (C=O) groups is 3. The van der Waals surface area contributed by atoms with Gasteiger partial charge in [-0.3, -0.25) is 19.3 Å². The molecular weight excluding hydrogens is 352 g/mol. The van der Waals surface area contributed by atoms with Crippen LogP contribution in [0.1, 0.15) is 44.1 Å². The van der Waals surface area contributed by atoms with Crippen molar-refractivity contribution >= 4 is 17.7 Å². The molecule has 5 rings (SSSR count). The molecule has 0 N–H and O–H groups in total. The standard InChI is InChI=1S/C23H28N2O3/c26-21(24-11-5-2-6-12-24)18(13-15-7-3-1-4-8-15)25-22(27)19-16-9-10-17(14-16)20(19)23(25)28/h1,3-4,7-8,16-20H,2,5-6,9-14H2/t16-,17+,18-,19+,20+/m1/s1. The summed E-state index contributed by atoms with van der Waals surface area (Å²) in [5.41, 5.74) is 0.999. The number of fused-ring (bicyclic) bond motifs is 5. The van der Waals surface area contributed by atoms with Crippen molar-refractivity contribution in [3.8, 4) is 0 Å². The number of likely N-dealkylation sites (tertiary alicyclic amines) is 2.